The Morgan fingerprint density at radius 1 is 1.22 bits per heavy atom. The largest absolute Gasteiger partial charge is 0.482 e. The second-order valence-electron chi connectivity index (χ2n) is 7.30. The van der Waals surface area contributed by atoms with Crippen LogP contribution in [0, 0.1) is 13.8 Å². The Kier molecular flexibility index (Phi) is 5.71. The van der Waals surface area contributed by atoms with E-state index in [9.17, 15) is 4.79 Å². The van der Waals surface area contributed by atoms with Crippen molar-refractivity contribution in [2.75, 3.05) is 13.2 Å². The fourth-order valence-corrected chi connectivity index (χ4v) is 3.18. The highest BCUT2D eigenvalue weighted by atomic mass is 16.8. The van der Waals surface area contributed by atoms with Gasteiger partial charge in [-0.15, -0.1) is 0 Å². The molecule has 0 radical (unpaired) electrons. The smallest absolute Gasteiger partial charge is 0.341 e. The van der Waals surface area contributed by atoms with Crippen molar-refractivity contribution in [3.05, 3.63) is 58.1 Å². The van der Waals surface area contributed by atoms with Crippen molar-refractivity contribution in [3.8, 4) is 11.5 Å². The Labute approximate surface area is 159 Å². The van der Waals surface area contributed by atoms with Crippen LogP contribution in [0.1, 0.15) is 47.6 Å². The monoisotopic (exact) mass is 370 g/mol. The number of aryl methyl sites for hydroxylation is 2. The van der Waals surface area contributed by atoms with Crippen molar-refractivity contribution in [3.63, 3.8) is 0 Å². The van der Waals surface area contributed by atoms with Crippen LogP contribution in [0.5, 0.6) is 11.5 Å². The zero-order chi connectivity index (χ0) is 19.6. The predicted molar refractivity (Wildman–Crippen MR) is 103 cm³/mol. The van der Waals surface area contributed by atoms with Crippen molar-refractivity contribution in [2.24, 2.45) is 0 Å². The molecule has 1 unspecified atom stereocenters. The van der Waals surface area contributed by atoms with Gasteiger partial charge in [-0.2, -0.15) is 0 Å². The molecule has 144 valence electrons. The minimum absolute atomic E-state index is 0.101. The average molecular weight is 370 g/mol. The Hall–Kier alpha value is -2.53. The minimum atomic E-state index is -0.977. The molecule has 0 spiro atoms. The summed E-state index contributed by atoms with van der Waals surface area (Å²) >= 11 is 0. The molecule has 2 aromatic rings. The number of ether oxygens (including phenoxy) is 3. The van der Waals surface area contributed by atoms with E-state index in [0.29, 0.717) is 18.3 Å². The lowest BCUT2D eigenvalue weighted by Crippen LogP contribution is -2.10. The van der Waals surface area contributed by atoms with E-state index in [1.54, 1.807) is 0 Å². The van der Waals surface area contributed by atoms with E-state index in [1.165, 1.54) is 16.7 Å². The molecule has 3 rings (SSSR count). The van der Waals surface area contributed by atoms with E-state index in [1.807, 2.05) is 32.0 Å². The molecule has 5 nitrogen and oxygen atoms in total. The molecule has 1 saturated heterocycles. The third-order valence-corrected chi connectivity index (χ3v) is 4.67. The summed E-state index contributed by atoms with van der Waals surface area (Å²) in [6.07, 6.45) is 0.702. The quantitative estimate of drug-likeness (QED) is 0.705. The van der Waals surface area contributed by atoms with Gasteiger partial charge in [0.05, 0.1) is 0 Å². The summed E-state index contributed by atoms with van der Waals surface area (Å²) in [4.78, 5) is 10.7. The number of aliphatic carboxylic acids is 1. The molecule has 1 aliphatic rings. The maximum absolute atomic E-state index is 10.7. The van der Waals surface area contributed by atoms with Gasteiger partial charge in [0.25, 0.3) is 0 Å². The number of hydrogen-bond donors (Lipinski definition) is 1. The van der Waals surface area contributed by atoms with Gasteiger partial charge in [-0.3, -0.25) is 0 Å². The van der Waals surface area contributed by atoms with E-state index in [2.05, 4.69) is 26.0 Å². The first-order valence-electron chi connectivity index (χ1n) is 9.19. The molecule has 5 heteroatoms. The third-order valence-electron chi connectivity index (χ3n) is 4.67. The fourth-order valence-electron chi connectivity index (χ4n) is 3.18. The number of carboxylic acid groups (broad SMARTS) is 1. The van der Waals surface area contributed by atoms with E-state index in [4.69, 9.17) is 19.3 Å². The molecule has 0 saturated carbocycles. The summed E-state index contributed by atoms with van der Waals surface area (Å²) in [5.41, 5.74) is 5.81. The lowest BCUT2D eigenvalue weighted by Gasteiger charge is -2.17. The zero-order valence-corrected chi connectivity index (χ0v) is 16.2. The van der Waals surface area contributed by atoms with Crippen molar-refractivity contribution >= 4 is 5.97 Å². The Morgan fingerprint density at radius 2 is 1.89 bits per heavy atom. The first-order chi connectivity index (χ1) is 12.8. The number of benzene rings is 2. The standard InChI is InChI=1S/C22H26O5/c1-13(2)18-9-16(5-6-20(18)27-22-12-26-22)10-19-14(3)7-17(8-15(19)4)25-11-21(23)24/h5-9,13,22H,10-12H2,1-4H3,(H,23,24). The summed E-state index contributed by atoms with van der Waals surface area (Å²) in [6, 6.07) is 10.1. The number of rotatable bonds is 8. The molecule has 1 atom stereocenters. The van der Waals surface area contributed by atoms with Gasteiger partial charge in [0.15, 0.2) is 6.61 Å². The van der Waals surface area contributed by atoms with Gasteiger partial charge >= 0.3 is 5.97 Å². The predicted octanol–water partition coefficient (Wildman–Crippen LogP) is 4.22. The van der Waals surface area contributed by atoms with Gasteiger partial charge in [-0.05, 0) is 72.2 Å². The molecule has 1 N–H and O–H groups in total. The molecule has 27 heavy (non-hydrogen) atoms. The number of carboxylic acids is 1. The highest BCUT2D eigenvalue weighted by Crippen LogP contribution is 2.32. The van der Waals surface area contributed by atoms with Crippen LogP contribution in [0.2, 0.25) is 0 Å². The van der Waals surface area contributed by atoms with Gasteiger partial charge < -0.3 is 19.3 Å². The van der Waals surface area contributed by atoms with Gasteiger partial charge in [-0.25, -0.2) is 4.79 Å². The van der Waals surface area contributed by atoms with Gasteiger partial charge in [0.1, 0.15) is 18.1 Å². The second kappa shape index (κ2) is 8.01. The summed E-state index contributed by atoms with van der Waals surface area (Å²) in [5.74, 6) is 0.858. The molecule has 1 heterocycles. The molecule has 1 aliphatic heterocycles. The van der Waals surface area contributed by atoms with Crippen LogP contribution in [0.4, 0.5) is 0 Å². The van der Waals surface area contributed by atoms with E-state index in [0.717, 1.165) is 23.3 Å². The Morgan fingerprint density at radius 3 is 2.44 bits per heavy atom. The first kappa shape index (κ1) is 19.2. The van der Waals surface area contributed by atoms with Crippen LogP contribution in [0.15, 0.2) is 30.3 Å². The van der Waals surface area contributed by atoms with Crippen molar-refractivity contribution in [1.82, 2.24) is 0 Å². The van der Waals surface area contributed by atoms with Crippen molar-refractivity contribution in [1.29, 1.82) is 0 Å². The second-order valence-corrected chi connectivity index (χ2v) is 7.30. The van der Waals surface area contributed by atoms with Crippen molar-refractivity contribution in [2.45, 2.75) is 46.3 Å². The molecule has 0 aliphatic carbocycles. The van der Waals surface area contributed by atoms with Crippen LogP contribution in [-0.4, -0.2) is 30.6 Å². The number of hydrogen-bond acceptors (Lipinski definition) is 4. The van der Waals surface area contributed by atoms with Gasteiger partial charge in [-0.1, -0.05) is 26.0 Å². The maximum atomic E-state index is 10.7. The molecular formula is C22H26O5. The molecule has 2 aromatic carbocycles. The van der Waals surface area contributed by atoms with Crippen LogP contribution in [0.25, 0.3) is 0 Å². The van der Waals surface area contributed by atoms with Crippen LogP contribution >= 0.6 is 0 Å². The maximum Gasteiger partial charge on any atom is 0.341 e. The summed E-state index contributed by atoms with van der Waals surface area (Å²) in [7, 11) is 0. The number of carbonyl (C=O) groups is 1. The van der Waals surface area contributed by atoms with Gasteiger partial charge in [0, 0.05) is 0 Å². The third kappa shape index (κ3) is 5.01. The highest BCUT2D eigenvalue weighted by molar-refractivity contribution is 5.68. The molecule has 0 aromatic heterocycles. The Balaban J connectivity index is 1.81. The highest BCUT2D eigenvalue weighted by Gasteiger charge is 2.26. The van der Waals surface area contributed by atoms with Gasteiger partial charge in [0.2, 0.25) is 6.29 Å². The number of epoxide rings is 1. The zero-order valence-electron chi connectivity index (χ0n) is 16.2. The van der Waals surface area contributed by atoms with Crippen LogP contribution in [0.3, 0.4) is 0 Å². The van der Waals surface area contributed by atoms with E-state index in [-0.39, 0.29) is 12.9 Å². The van der Waals surface area contributed by atoms with Crippen molar-refractivity contribution < 1.29 is 24.1 Å². The van der Waals surface area contributed by atoms with Crippen LogP contribution < -0.4 is 9.47 Å². The summed E-state index contributed by atoms with van der Waals surface area (Å²) in [6.45, 7) is 8.70. The molecule has 1 fully saturated rings. The van der Waals surface area contributed by atoms with Crippen LogP contribution in [-0.2, 0) is 16.0 Å². The lowest BCUT2D eigenvalue weighted by atomic mass is 9.93. The molecule has 0 amide bonds. The lowest BCUT2D eigenvalue weighted by molar-refractivity contribution is -0.139. The molecule has 0 bridgehead atoms. The first-order valence-corrected chi connectivity index (χ1v) is 9.19. The minimum Gasteiger partial charge on any atom is -0.482 e. The fraction of sp³-hybridized carbons (Fsp3) is 0.409. The summed E-state index contributed by atoms with van der Waals surface area (Å²) < 4.78 is 16.3. The summed E-state index contributed by atoms with van der Waals surface area (Å²) in [5, 5.41) is 8.77. The topological polar surface area (TPSA) is 68.3 Å². The molecular weight excluding hydrogens is 344 g/mol. The SMILES string of the molecule is Cc1cc(OCC(=O)O)cc(C)c1Cc1ccc(OC2CO2)c(C(C)C)c1. The van der Waals surface area contributed by atoms with E-state index < -0.39 is 5.97 Å². The average Bonchev–Trinajstić information content (AvgIpc) is 3.41. The van der Waals surface area contributed by atoms with E-state index >= 15 is 0 Å². The normalized spacial score (nSPS) is 15.7. The Bertz CT molecular complexity index is 814.